The third-order valence-electron chi connectivity index (χ3n) is 2.65. The minimum absolute atomic E-state index is 0.0272. The Morgan fingerprint density at radius 1 is 1.20 bits per heavy atom. The molecule has 0 bridgehead atoms. The summed E-state index contributed by atoms with van der Waals surface area (Å²) in [6.07, 6.45) is 1.42. The van der Waals surface area contributed by atoms with Gasteiger partial charge in [-0.3, -0.25) is 0 Å². The van der Waals surface area contributed by atoms with E-state index in [-0.39, 0.29) is 10.5 Å². The van der Waals surface area contributed by atoms with Gasteiger partial charge in [-0.05, 0) is 25.0 Å². The highest BCUT2D eigenvalue weighted by Crippen LogP contribution is 2.16. The molecule has 1 rings (SSSR count). The summed E-state index contributed by atoms with van der Waals surface area (Å²) in [5, 5.41) is 0. The Bertz CT molecular complexity index is 541. The molecule has 0 radical (unpaired) electrons. The van der Waals surface area contributed by atoms with Crippen LogP contribution in [0.1, 0.15) is 23.2 Å². The third-order valence-corrected chi connectivity index (χ3v) is 4.17. The Balaban J connectivity index is 2.80. The molecule has 0 saturated heterocycles. The lowest BCUT2D eigenvalue weighted by molar-refractivity contribution is 0.0596. The molecular formula is C13H19NO5S. The number of hydrogen-bond donors (Lipinski definition) is 1. The SMILES string of the molecule is COCCCCNS(=O)(=O)c1ccccc1C(=O)OC. The van der Waals surface area contributed by atoms with Gasteiger partial charge in [0.2, 0.25) is 10.0 Å². The fourth-order valence-electron chi connectivity index (χ4n) is 1.64. The predicted molar refractivity (Wildman–Crippen MR) is 74.1 cm³/mol. The van der Waals surface area contributed by atoms with Crippen molar-refractivity contribution in [2.75, 3.05) is 27.4 Å². The molecule has 0 spiro atoms. The van der Waals surface area contributed by atoms with Crippen molar-refractivity contribution in [2.45, 2.75) is 17.7 Å². The van der Waals surface area contributed by atoms with Gasteiger partial charge in [-0.25, -0.2) is 17.9 Å². The van der Waals surface area contributed by atoms with Crippen LogP contribution in [0.5, 0.6) is 0 Å². The topological polar surface area (TPSA) is 81.7 Å². The van der Waals surface area contributed by atoms with Crippen LogP contribution in [0, 0.1) is 0 Å². The van der Waals surface area contributed by atoms with Crippen molar-refractivity contribution in [2.24, 2.45) is 0 Å². The zero-order valence-electron chi connectivity index (χ0n) is 11.6. The van der Waals surface area contributed by atoms with Gasteiger partial charge in [0.1, 0.15) is 0 Å². The molecule has 6 nitrogen and oxygen atoms in total. The van der Waals surface area contributed by atoms with Crippen molar-refractivity contribution in [3.8, 4) is 0 Å². The van der Waals surface area contributed by atoms with Gasteiger partial charge in [0.05, 0.1) is 17.6 Å². The number of sulfonamides is 1. The zero-order valence-corrected chi connectivity index (χ0v) is 12.4. The van der Waals surface area contributed by atoms with Crippen molar-refractivity contribution < 1.29 is 22.7 Å². The van der Waals surface area contributed by atoms with E-state index in [9.17, 15) is 13.2 Å². The zero-order chi connectivity index (χ0) is 15.0. The molecule has 0 amide bonds. The second-order valence-corrected chi connectivity index (χ2v) is 5.82. The highest BCUT2D eigenvalue weighted by atomic mass is 32.2. The lowest BCUT2D eigenvalue weighted by Crippen LogP contribution is -2.26. The van der Waals surface area contributed by atoms with Crippen molar-refractivity contribution in [3.63, 3.8) is 0 Å². The van der Waals surface area contributed by atoms with Gasteiger partial charge >= 0.3 is 5.97 Å². The molecule has 0 aromatic heterocycles. The molecule has 0 saturated carbocycles. The van der Waals surface area contributed by atoms with Crippen LogP contribution >= 0.6 is 0 Å². The number of carbonyl (C=O) groups excluding carboxylic acids is 1. The van der Waals surface area contributed by atoms with Crippen LogP contribution in [-0.4, -0.2) is 41.8 Å². The van der Waals surface area contributed by atoms with Crippen molar-refractivity contribution in [1.82, 2.24) is 4.72 Å². The lowest BCUT2D eigenvalue weighted by atomic mass is 10.2. The Morgan fingerprint density at radius 3 is 2.55 bits per heavy atom. The van der Waals surface area contributed by atoms with Gasteiger partial charge in [-0.2, -0.15) is 0 Å². The minimum atomic E-state index is -3.72. The largest absolute Gasteiger partial charge is 0.465 e. The maximum atomic E-state index is 12.2. The summed E-state index contributed by atoms with van der Waals surface area (Å²) in [6.45, 7) is 0.877. The fraction of sp³-hybridized carbons (Fsp3) is 0.462. The number of ether oxygens (including phenoxy) is 2. The second-order valence-electron chi connectivity index (χ2n) is 4.09. The fourth-order valence-corrected chi connectivity index (χ4v) is 2.90. The molecule has 0 heterocycles. The number of nitrogens with one attached hydrogen (secondary N) is 1. The summed E-state index contributed by atoms with van der Waals surface area (Å²) in [6, 6.07) is 5.95. The molecule has 0 aliphatic carbocycles. The minimum Gasteiger partial charge on any atom is -0.465 e. The number of methoxy groups -OCH3 is 2. The molecule has 0 atom stereocenters. The average Bonchev–Trinajstić information content (AvgIpc) is 2.46. The summed E-state index contributed by atoms with van der Waals surface area (Å²) in [7, 11) is -0.919. The van der Waals surface area contributed by atoms with Crippen LogP contribution in [0.3, 0.4) is 0 Å². The summed E-state index contributed by atoms with van der Waals surface area (Å²) in [5.74, 6) is -0.676. The predicted octanol–water partition coefficient (Wildman–Crippen LogP) is 1.18. The normalized spacial score (nSPS) is 11.3. The van der Waals surface area contributed by atoms with Gasteiger partial charge in [-0.15, -0.1) is 0 Å². The monoisotopic (exact) mass is 301 g/mol. The van der Waals surface area contributed by atoms with E-state index in [4.69, 9.17) is 4.74 Å². The van der Waals surface area contributed by atoms with Gasteiger partial charge in [0, 0.05) is 20.3 Å². The van der Waals surface area contributed by atoms with Crippen LogP contribution < -0.4 is 4.72 Å². The molecule has 1 N–H and O–H groups in total. The smallest absolute Gasteiger partial charge is 0.339 e. The molecule has 0 fully saturated rings. The van der Waals surface area contributed by atoms with Gasteiger partial charge in [-0.1, -0.05) is 12.1 Å². The first-order chi connectivity index (χ1) is 9.53. The number of carbonyl (C=O) groups is 1. The van der Waals surface area contributed by atoms with E-state index >= 15 is 0 Å². The van der Waals surface area contributed by atoms with Gasteiger partial charge < -0.3 is 9.47 Å². The van der Waals surface area contributed by atoms with Crippen LogP contribution in [0.15, 0.2) is 29.2 Å². The number of benzene rings is 1. The number of unbranched alkanes of at least 4 members (excludes halogenated alkanes) is 1. The molecule has 0 unspecified atom stereocenters. The van der Waals surface area contributed by atoms with E-state index in [2.05, 4.69) is 9.46 Å². The summed E-state index contributed by atoms with van der Waals surface area (Å²) >= 11 is 0. The van der Waals surface area contributed by atoms with Gasteiger partial charge in [0.15, 0.2) is 0 Å². The summed E-state index contributed by atoms with van der Waals surface area (Å²) < 4.78 is 36.2. The van der Waals surface area contributed by atoms with Crippen LogP contribution in [0.2, 0.25) is 0 Å². The molecular weight excluding hydrogens is 282 g/mol. The molecule has 1 aromatic carbocycles. The van der Waals surface area contributed by atoms with Crippen LogP contribution in [0.4, 0.5) is 0 Å². The van der Waals surface area contributed by atoms with E-state index in [0.717, 1.165) is 6.42 Å². The van der Waals surface area contributed by atoms with Crippen molar-refractivity contribution in [1.29, 1.82) is 0 Å². The van der Waals surface area contributed by atoms with Crippen molar-refractivity contribution in [3.05, 3.63) is 29.8 Å². The number of hydrogen-bond acceptors (Lipinski definition) is 5. The Hall–Kier alpha value is -1.44. The van der Waals surface area contributed by atoms with E-state index in [1.165, 1.54) is 19.2 Å². The standard InChI is InChI=1S/C13H19NO5S/c1-18-10-6-5-9-14-20(16,17)12-8-4-3-7-11(12)13(15)19-2/h3-4,7-8,14H,5-6,9-10H2,1-2H3. The molecule has 20 heavy (non-hydrogen) atoms. The highest BCUT2D eigenvalue weighted by Gasteiger charge is 2.21. The third kappa shape index (κ3) is 4.59. The molecule has 0 aliphatic heterocycles. The molecule has 1 aromatic rings. The average molecular weight is 301 g/mol. The van der Waals surface area contributed by atoms with Crippen LogP contribution in [-0.2, 0) is 19.5 Å². The van der Waals surface area contributed by atoms with Crippen LogP contribution in [0.25, 0.3) is 0 Å². The Labute approximate surface area is 119 Å². The summed E-state index contributed by atoms with van der Waals surface area (Å²) in [4.78, 5) is 11.5. The quantitative estimate of drug-likeness (QED) is 0.576. The molecule has 7 heteroatoms. The maximum absolute atomic E-state index is 12.2. The maximum Gasteiger partial charge on any atom is 0.339 e. The molecule has 112 valence electrons. The number of esters is 1. The summed E-state index contributed by atoms with van der Waals surface area (Å²) in [5.41, 5.74) is 0.0272. The Morgan fingerprint density at radius 2 is 1.90 bits per heavy atom. The van der Waals surface area contributed by atoms with E-state index in [0.29, 0.717) is 19.6 Å². The first kappa shape index (κ1) is 16.6. The first-order valence-electron chi connectivity index (χ1n) is 6.19. The highest BCUT2D eigenvalue weighted by molar-refractivity contribution is 7.89. The van der Waals surface area contributed by atoms with Gasteiger partial charge in [0.25, 0.3) is 0 Å². The second kappa shape index (κ2) is 7.98. The number of rotatable bonds is 8. The Kier molecular flexibility index (Phi) is 6.63. The lowest BCUT2D eigenvalue weighted by Gasteiger charge is -2.10. The van der Waals surface area contributed by atoms with E-state index in [1.807, 2.05) is 0 Å². The van der Waals surface area contributed by atoms with E-state index in [1.54, 1.807) is 19.2 Å². The first-order valence-corrected chi connectivity index (χ1v) is 7.67. The molecule has 0 aliphatic rings. The van der Waals surface area contributed by atoms with E-state index < -0.39 is 16.0 Å². The van der Waals surface area contributed by atoms with Crippen molar-refractivity contribution >= 4 is 16.0 Å².